The summed E-state index contributed by atoms with van der Waals surface area (Å²) in [5.41, 5.74) is -0.561. The van der Waals surface area contributed by atoms with E-state index in [0.29, 0.717) is 6.29 Å². The summed E-state index contributed by atoms with van der Waals surface area (Å²) in [5, 5.41) is 0. The number of benzene rings is 1. The minimum absolute atomic E-state index is 0.221. The molecule has 1 aromatic rings. The normalized spacial score (nSPS) is 9.53. The second-order valence-corrected chi connectivity index (χ2v) is 2.69. The molecule has 0 atom stereocenters. The Kier molecular flexibility index (Phi) is 3.38. The second-order valence-electron chi connectivity index (χ2n) is 2.69. The minimum Gasteiger partial charge on any atom is -0.497 e. The highest BCUT2D eigenvalue weighted by atomic mass is 19.1. The van der Waals surface area contributed by atoms with Gasteiger partial charge in [0.1, 0.15) is 11.6 Å². The molecule has 0 unspecified atom stereocenters. The third kappa shape index (κ3) is 2.12. The van der Waals surface area contributed by atoms with Gasteiger partial charge in [0.15, 0.2) is 6.29 Å². The first-order valence-corrected chi connectivity index (χ1v) is 4.05. The minimum atomic E-state index is -0.905. The Morgan fingerprint density at radius 2 is 2.07 bits per heavy atom. The van der Waals surface area contributed by atoms with Crippen LogP contribution in [0.3, 0.4) is 0 Å². The van der Waals surface area contributed by atoms with Gasteiger partial charge in [-0.1, -0.05) is 0 Å². The molecule has 0 amide bonds. The standard InChI is InChI=1S/C10H9FO4/c1-14-7-3-6(5-12)9(11)8(4-7)10(13)15-2/h3-5H,1-2H3. The van der Waals surface area contributed by atoms with Gasteiger partial charge in [0, 0.05) is 0 Å². The molecule has 0 heterocycles. The maximum Gasteiger partial charge on any atom is 0.341 e. The molecule has 0 saturated heterocycles. The van der Waals surface area contributed by atoms with Crippen molar-refractivity contribution in [2.75, 3.05) is 14.2 Å². The van der Waals surface area contributed by atoms with E-state index in [9.17, 15) is 14.0 Å². The van der Waals surface area contributed by atoms with Crippen LogP contribution in [-0.2, 0) is 4.74 Å². The fraction of sp³-hybridized carbons (Fsp3) is 0.200. The first-order chi connectivity index (χ1) is 7.13. The van der Waals surface area contributed by atoms with Gasteiger partial charge in [0.2, 0.25) is 0 Å². The molecule has 4 nitrogen and oxygen atoms in total. The Hall–Kier alpha value is -1.91. The van der Waals surface area contributed by atoms with E-state index >= 15 is 0 Å². The van der Waals surface area contributed by atoms with Gasteiger partial charge in [0.25, 0.3) is 0 Å². The van der Waals surface area contributed by atoms with E-state index in [0.717, 1.165) is 7.11 Å². The summed E-state index contributed by atoms with van der Waals surface area (Å²) in [5.74, 6) is -1.54. The fourth-order valence-corrected chi connectivity index (χ4v) is 1.08. The van der Waals surface area contributed by atoms with Gasteiger partial charge >= 0.3 is 5.97 Å². The number of hydrogen-bond acceptors (Lipinski definition) is 4. The maximum atomic E-state index is 13.4. The number of hydrogen-bond donors (Lipinski definition) is 0. The van der Waals surface area contributed by atoms with Crippen molar-refractivity contribution in [2.24, 2.45) is 0 Å². The summed E-state index contributed by atoms with van der Waals surface area (Å²) in [4.78, 5) is 21.6. The van der Waals surface area contributed by atoms with Gasteiger partial charge in [0.05, 0.1) is 25.3 Å². The molecule has 0 fully saturated rings. The number of ether oxygens (including phenoxy) is 2. The van der Waals surface area contributed by atoms with Crippen LogP contribution in [0.4, 0.5) is 4.39 Å². The van der Waals surface area contributed by atoms with E-state index < -0.39 is 11.8 Å². The smallest absolute Gasteiger partial charge is 0.341 e. The van der Waals surface area contributed by atoms with Crippen LogP contribution in [0.5, 0.6) is 5.75 Å². The lowest BCUT2D eigenvalue weighted by molar-refractivity contribution is 0.0595. The molecular weight excluding hydrogens is 203 g/mol. The first kappa shape index (κ1) is 11.2. The second kappa shape index (κ2) is 4.54. The molecule has 1 rings (SSSR count). The Bertz CT molecular complexity index is 401. The highest BCUT2D eigenvalue weighted by Crippen LogP contribution is 2.20. The molecule has 1 aromatic carbocycles. The van der Waals surface area contributed by atoms with E-state index in [1.807, 2.05) is 0 Å². The monoisotopic (exact) mass is 212 g/mol. The van der Waals surface area contributed by atoms with Crippen molar-refractivity contribution in [1.82, 2.24) is 0 Å². The molecule has 5 heteroatoms. The number of halogens is 1. The molecule has 0 bridgehead atoms. The third-order valence-corrected chi connectivity index (χ3v) is 1.84. The summed E-state index contributed by atoms with van der Waals surface area (Å²) in [7, 11) is 2.48. The molecule has 0 aliphatic heterocycles. The van der Waals surface area contributed by atoms with E-state index in [4.69, 9.17) is 4.74 Å². The van der Waals surface area contributed by atoms with E-state index in [2.05, 4.69) is 4.74 Å². The highest BCUT2D eigenvalue weighted by molar-refractivity contribution is 5.92. The topological polar surface area (TPSA) is 52.6 Å². The number of esters is 1. The van der Waals surface area contributed by atoms with Crippen LogP contribution in [0.1, 0.15) is 20.7 Å². The summed E-state index contributed by atoms with van der Waals surface area (Å²) < 4.78 is 22.6. The summed E-state index contributed by atoms with van der Waals surface area (Å²) in [6.07, 6.45) is 0.310. The van der Waals surface area contributed by atoms with Crippen molar-refractivity contribution >= 4 is 12.3 Å². The van der Waals surface area contributed by atoms with Crippen molar-refractivity contribution < 1.29 is 23.5 Å². The Morgan fingerprint density at radius 3 is 2.53 bits per heavy atom. The van der Waals surface area contributed by atoms with E-state index in [-0.39, 0.29) is 16.9 Å². The number of aldehydes is 1. The van der Waals surface area contributed by atoms with Crippen LogP contribution in [-0.4, -0.2) is 26.5 Å². The van der Waals surface area contributed by atoms with Gasteiger partial charge in [-0.3, -0.25) is 4.79 Å². The van der Waals surface area contributed by atoms with Crippen molar-refractivity contribution in [2.45, 2.75) is 0 Å². The van der Waals surface area contributed by atoms with Crippen molar-refractivity contribution in [3.8, 4) is 5.75 Å². The third-order valence-electron chi connectivity index (χ3n) is 1.84. The van der Waals surface area contributed by atoms with Crippen LogP contribution in [0.15, 0.2) is 12.1 Å². The molecule has 15 heavy (non-hydrogen) atoms. The first-order valence-electron chi connectivity index (χ1n) is 4.05. The summed E-state index contributed by atoms with van der Waals surface area (Å²) in [6, 6.07) is 2.38. The van der Waals surface area contributed by atoms with Gasteiger partial charge in [-0.05, 0) is 12.1 Å². The maximum absolute atomic E-state index is 13.4. The molecule has 0 aromatic heterocycles. The van der Waals surface area contributed by atoms with Crippen LogP contribution >= 0.6 is 0 Å². The average molecular weight is 212 g/mol. The predicted molar refractivity (Wildman–Crippen MR) is 49.7 cm³/mol. The Labute approximate surface area is 85.6 Å². The average Bonchev–Trinajstić information content (AvgIpc) is 2.28. The number of carbonyl (C=O) groups excluding carboxylic acids is 2. The SMILES string of the molecule is COC(=O)c1cc(OC)cc(C=O)c1F. The lowest BCUT2D eigenvalue weighted by atomic mass is 10.1. The molecule has 0 radical (unpaired) electrons. The van der Waals surface area contributed by atoms with Crippen LogP contribution in [0.25, 0.3) is 0 Å². The number of rotatable bonds is 3. The lowest BCUT2D eigenvalue weighted by Gasteiger charge is -2.06. The molecule has 0 aliphatic carbocycles. The molecule has 0 aliphatic rings. The van der Waals surface area contributed by atoms with E-state index in [1.165, 1.54) is 19.2 Å². The number of methoxy groups -OCH3 is 2. The highest BCUT2D eigenvalue weighted by Gasteiger charge is 2.17. The van der Waals surface area contributed by atoms with Crippen LogP contribution < -0.4 is 4.74 Å². The zero-order valence-corrected chi connectivity index (χ0v) is 8.24. The largest absolute Gasteiger partial charge is 0.497 e. The Balaban J connectivity index is 3.36. The van der Waals surface area contributed by atoms with Gasteiger partial charge in [-0.2, -0.15) is 0 Å². The molecule has 80 valence electrons. The molecule has 0 saturated carbocycles. The van der Waals surface area contributed by atoms with E-state index in [1.54, 1.807) is 0 Å². The molecule has 0 N–H and O–H groups in total. The Morgan fingerprint density at radius 1 is 1.40 bits per heavy atom. The van der Waals surface area contributed by atoms with Crippen molar-refractivity contribution in [1.29, 1.82) is 0 Å². The van der Waals surface area contributed by atoms with Crippen LogP contribution in [0.2, 0.25) is 0 Å². The van der Waals surface area contributed by atoms with Crippen LogP contribution in [0, 0.1) is 5.82 Å². The van der Waals surface area contributed by atoms with Gasteiger partial charge in [-0.25, -0.2) is 9.18 Å². The van der Waals surface area contributed by atoms with Crippen molar-refractivity contribution in [3.63, 3.8) is 0 Å². The molecule has 0 spiro atoms. The zero-order valence-electron chi connectivity index (χ0n) is 8.24. The number of carbonyl (C=O) groups is 2. The molecular formula is C10H9FO4. The summed E-state index contributed by atoms with van der Waals surface area (Å²) in [6.45, 7) is 0. The quantitative estimate of drug-likeness (QED) is 0.561. The predicted octanol–water partition coefficient (Wildman–Crippen LogP) is 1.43. The summed E-state index contributed by atoms with van der Waals surface area (Å²) >= 11 is 0. The fourth-order valence-electron chi connectivity index (χ4n) is 1.08. The lowest BCUT2D eigenvalue weighted by Crippen LogP contribution is -2.07. The van der Waals surface area contributed by atoms with Gasteiger partial charge in [-0.15, -0.1) is 0 Å². The van der Waals surface area contributed by atoms with Crippen molar-refractivity contribution in [3.05, 3.63) is 29.1 Å². The van der Waals surface area contributed by atoms with Gasteiger partial charge < -0.3 is 9.47 Å². The zero-order chi connectivity index (χ0) is 11.4.